The molecule has 98 valence electrons. The number of hydrogen-bond acceptors (Lipinski definition) is 3. The van der Waals surface area contributed by atoms with E-state index >= 15 is 0 Å². The molecule has 2 heterocycles. The molecule has 3 nitrogen and oxygen atoms in total. The van der Waals surface area contributed by atoms with E-state index in [2.05, 4.69) is 59.3 Å². The average Bonchev–Trinajstić information content (AvgIpc) is 2.99. The summed E-state index contributed by atoms with van der Waals surface area (Å²) < 4.78 is 2.23. The number of thiophene rings is 1. The maximum absolute atomic E-state index is 4.47. The van der Waals surface area contributed by atoms with E-state index in [1.807, 2.05) is 17.7 Å². The summed E-state index contributed by atoms with van der Waals surface area (Å²) in [5.41, 5.74) is 1.11. The normalized spacial score (nSPS) is 13.1. The smallest absolute Gasteiger partial charge is 0.0956 e. The van der Waals surface area contributed by atoms with Crippen LogP contribution in [0.5, 0.6) is 0 Å². The van der Waals surface area contributed by atoms with Crippen LogP contribution in [0.25, 0.3) is 0 Å². The summed E-state index contributed by atoms with van der Waals surface area (Å²) in [6.07, 6.45) is 5.20. The lowest BCUT2D eigenvalue weighted by atomic mass is 10.2. The van der Waals surface area contributed by atoms with Crippen molar-refractivity contribution in [2.45, 2.75) is 45.8 Å². The minimum Gasteiger partial charge on any atom is -0.329 e. The minimum atomic E-state index is 0.422. The van der Waals surface area contributed by atoms with E-state index in [4.69, 9.17) is 0 Å². The lowest BCUT2D eigenvalue weighted by molar-refractivity contribution is 0.568. The van der Waals surface area contributed by atoms with Crippen LogP contribution >= 0.6 is 11.3 Å². The zero-order chi connectivity index (χ0) is 13.0. The van der Waals surface area contributed by atoms with Crippen molar-refractivity contribution < 1.29 is 0 Å². The Morgan fingerprint density at radius 1 is 1.44 bits per heavy atom. The number of imidazole rings is 1. The monoisotopic (exact) mass is 263 g/mol. The third-order valence-corrected chi connectivity index (χ3v) is 3.94. The molecule has 0 saturated heterocycles. The van der Waals surface area contributed by atoms with Crippen molar-refractivity contribution in [2.75, 3.05) is 0 Å². The summed E-state index contributed by atoms with van der Waals surface area (Å²) in [6, 6.07) is 5.23. The van der Waals surface area contributed by atoms with Gasteiger partial charge in [-0.25, -0.2) is 4.98 Å². The van der Waals surface area contributed by atoms with Crippen LogP contribution in [0.15, 0.2) is 30.0 Å². The fourth-order valence-electron chi connectivity index (χ4n) is 1.99. The summed E-state index contributed by atoms with van der Waals surface area (Å²) >= 11 is 1.81. The highest BCUT2D eigenvalue weighted by molar-refractivity contribution is 7.10. The van der Waals surface area contributed by atoms with E-state index in [-0.39, 0.29) is 0 Å². The molecule has 1 atom stereocenters. The molecule has 0 aromatic carbocycles. The number of aromatic nitrogens is 2. The molecule has 0 aliphatic heterocycles. The van der Waals surface area contributed by atoms with Crippen molar-refractivity contribution in [3.8, 4) is 0 Å². The predicted octanol–water partition coefficient (Wildman–Crippen LogP) is 3.44. The molecular formula is C14H21N3S. The minimum absolute atomic E-state index is 0.422. The fraction of sp³-hybridized carbons (Fsp3) is 0.500. The van der Waals surface area contributed by atoms with Gasteiger partial charge in [-0.3, -0.25) is 0 Å². The van der Waals surface area contributed by atoms with Gasteiger partial charge >= 0.3 is 0 Å². The Hall–Kier alpha value is -1.13. The van der Waals surface area contributed by atoms with E-state index in [1.165, 1.54) is 4.88 Å². The Bertz CT molecular complexity index is 459. The molecule has 2 aromatic rings. The van der Waals surface area contributed by atoms with Gasteiger partial charge in [-0.2, -0.15) is 0 Å². The SMILES string of the molecule is CCC(c1cccs1)n1cnc(CNC(C)C)c1. The first-order chi connectivity index (χ1) is 8.70. The van der Waals surface area contributed by atoms with E-state index in [1.54, 1.807) is 0 Å². The fourth-order valence-corrected chi connectivity index (χ4v) is 2.91. The van der Waals surface area contributed by atoms with Crippen LogP contribution in [-0.4, -0.2) is 15.6 Å². The van der Waals surface area contributed by atoms with Crippen molar-refractivity contribution in [1.29, 1.82) is 0 Å². The number of hydrogen-bond donors (Lipinski definition) is 1. The van der Waals surface area contributed by atoms with Gasteiger partial charge in [0.15, 0.2) is 0 Å². The van der Waals surface area contributed by atoms with Gasteiger partial charge in [0, 0.05) is 23.7 Å². The first-order valence-corrected chi connectivity index (χ1v) is 7.37. The second kappa shape index (κ2) is 6.16. The molecule has 2 aromatic heterocycles. The lowest BCUT2D eigenvalue weighted by Crippen LogP contribution is -2.21. The maximum Gasteiger partial charge on any atom is 0.0956 e. The number of nitrogens with one attached hydrogen (secondary N) is 1. The van der Waals surface area contributed by atoms with Gasteiger partial charge < -0.3 is 9.88 Å². The molecule has 0 aliphatic rings. The zero-order valence-electron chi connectivity index (χ0n) is 11.3. The molecular weight excluding hydrogens is 242 g/mol. The van der Waals surface area contributed by atoms with Crippen LogP contribution in [0.3, 0.4) is 0 Å². The first-order valence-electron chi connectivity index (χ1n) is 6.49. The lowest BCUT2D eigenvalue weighted by Gasteiger charge is -2.14. The molecule has 0 fully saturated rings. The zero-order valence-corrected chi connectivity index (χ0v) is 12.1. The van der Waals surface area contributed by atoms with Crippen LogP contribution in [0, 0.1) is 0 Å². The largest absolute Gasteiger partial charge is 0.329 e. The van der Waals surface area contributed by atoms with Gasteiger partial charge in [-0.15, -0.1) is 11.3 Å². The summed E-state index contributed by atoms with van der Waals surface area (Å²) in [5, 5.41) is 5.53. The molecule has 0 spiro atoms. The highest BCUT2D eigenvalue weighted by Crippen LogP contribution is 2.26. The van der Waals surface area contributed by atoms with Crippen molar-refractivity contribution in [3.05, 3.63) is 40.6 Å². The van der Waals surface area contributed by atoms with Crippen LogP contribution in [0.2, 0.25) is 0 Å². The van der Waals surface area contributed by atoms with E-state index < -0.39 is 0 Å². The van der Waals surface area contributed by atoms with E-state index in [0.717, 1.165) is 18.7 Å². The maximum atomic E-state index is 4.47. The number of nitrogens with zero attached hydrogens (tertiary/aromatic N) is 2. The third-order valence-electron chi connectivity index (χ3n) is 2.96. The highest BCUT2D eigenvalue weighted by Gasteiger charge is 2.13. The molecule has 18 heavy (non-hydrogen) atoms. The Kier molecular flexibility index (Phi) is 4.55. The van der Waals surface area contributed by atoms with Gasteiger partial charge in [0.05, 0.1) is 18.1 Å². The molecule has 2 rings (SSSR count). The van der Waals surface area contributed by atoms with E-state index in [9.17, 15) is 0 Å². The predicted molar refractivity (Wildman–Crippen MR) is 77.0 cm³/mol. The molecule has 1 N–H and O–H groups in total. The average molecular weight is 263 g/mol. The quantitative estimate of drug-likeness (QED) is 0.865. The Balaban J connectivity index is 2.08. The Morgan fingerprint density at radius 3 is 2.89 bits per heavy atom. The topological polar surface area (TPSA) is 29.9 Å². The Labute approximate surface area is 113 Å². The molecule has 0 saturated carbocycles. The van der Waals surface area contributed by atoms with Crippen LogP contribution in [0.4, 0.5) is 0 Å². The van der Waals surface area contributed by atoms with Gasteiger partial charge in [-0.05, 0) is 17.9 Å². The highest BCUT2D eigenvalue weighted by atomic mass is 32.1. The van der Waals surface area contributed by atoms with Crippen LogP contribution in [0.1, 0.15) is 43.8 Å². The van der Waals surface area contributed by atoms with Crippen LogP contribution in [-0.2, 0) is 6.54 Å². The molecule has 0 amide bonds. The van der Waals surface area contributed by atoms with Crippen molar-refractivity contribution in [2.24, 2.45) is 0 Å². The Morgan fingerprint density at radius 2 is 2.28 bits per heavy atom. The van der Waals surface area contributed by atoms with Crippen molar-refractivity contribution >= 4 is 11.3 Å². The summed E-state index contributed by atoms with van der Waals surface area (Å²) in [5.74, 6) is 0. The molecule has 0 aliphatic carbocycles. The standard InChI is InChI=1S/C14H21N3S/c1-4-13(14-6-5-7-18-14)17-9-12(16-10-17)8-15-11(2)3/h5-7,9-11,13,15H,4,8H2,1-3H3. The van der Waals surface area contributed by atoms with Crippen LogP contribution < -0.4 is 5.32 Å². The van der Waals surface area contributed by atoms with Gasteiger partial charge in [-0.1, -0.05) is 26.8 Å². The second-order valence-electron chi connectivity index (χ2n) is 4.79. The van der Waals surface area contributed by atoms with Gasteiger partial charge in [0.2, 0.25) is 0 Å². The third kappa shape index (κ3) is 3.21. The van der Waals surface area contributed by atoms with E-state index in [0.29, 0.717) is 12.1 Å². The summed E-state index contributed by atoms with van der Waals surface area (Å²) in [6.45, 7) is 7.36. The summed E-state index contributed by atoms with van der Waals surface area (Å²) in [4.78, 5) is 5.87. The number of rotatable bonds is 6. The van der Waals surface area contributed by atoms with Gasteiger partial charge in [0.1, 0.15) is 0 Å². The summed E-state index contributed by atoms with van der Waals surface area (Å²) in [7, 11) is 0. The second-order valence-corrected chi connectivity index (χ2v) is 5.77. The van der Waals surface area contributed by atoms with Crippen molar-refractivity contribution in [1.82, 2.24) is 14.9 Å². The first kappa shape index (κ1) is 13.3. The molecule has 4 heteroatoms. The molecule has 1 unspecified atom stereocenters. The molecule has 0 radical (unpaired) electrons. The molecule has 0 bridgehead atoms. The van der Waals surface area contributed by atoms with Crippen molar-refractivity contribution in [3.63, 3.8) is 0 Å². The van der Waals surface area contributed by atoms with Gasteiger partial charge in [0.25, 0.3) is 0 Å².